The molecule has 0 aromatic heterocycles. The second kappa shape index (κ2) is 5.14. The standard InChI is InChI=1S/C13H7ClFIO/c14-9-4-5-12(16)11(7-9)13(17)8-2-1-3-10(15)6-8/h1-7H. The molecule has 0 bridgehead atoms. The molecule has 0 aliphatic heterocycles. The molecule has 0 saturated carbocycles. The van der Waals surface area contributed by atoms with Gasteiger partial charge in [0.1, 0.15) is 5.82 Å². The fourth-order valence-electron chi connectivity index (χ4n) is 1.46. The predicted molar refractivity (Wildman–Crippen MR) is 74.0 cm³/mol. The highest BCUT2D eigenvalue weighted by Crippen LogP contribution is 2.21. The Hall–Kier alpha value is -0.940. The van der Waals surface area contributed by atoms with Crippen molar-refractivity contribution in [3.8, 4) is 0 Å². The Kier molecular flexibility index (Phi) is 3.79. The molecular weight excluding hydrogens is 353 g/mol. The molecule has 4 heteroatoms. The van der Waals surface area contributed by atoms with E-state index in [0.717, 1.165) is 3.57 Å². The van der Waals surface area contributed by atoms with Crippen molar-refractivity contribution in [1.29, 1.82) is 0 Å². The average Bonchev–Trinajstić information content (AvgIpc) is 2.31. The van der Waals surface area contributed by atoms with E-state index in [4.69, 9.17) is 11.6 Å². The van der Waals surface area contributed by atoms with Crippen LogP contribution in [-0.4, -0.2) is 5.78 Å². The van der Waals surface area contributed by atoms with Gasteiger partial charge in [-0.3, -0.25) is 4.79 Å². The maximum Gasteiger partial charge on any atom is 0.194 e. The molecule has 2 aromatic rings. The van der Waals surface area contributed by atoms with Gasteiger partial charge in [0.05, 0.1) is 0 Å². The number of rotatable bonds is 2. The molecule has 0 aliphatic rings. The van der Waals surface area contributed by atoms with Gasteiger partial charge in [0, 0.05) is 19.7 Å². The summed E-state index contributed by atoms with van der Waals surface area (Å²) < 4.78 is 13.8. The van der Waals surface area contributed by atoms with Crippen LogP contribution in [0.5, 0.6) is 0 Å². The summed E-state index contributed by atoms with van der Waals surface area (Å²) in [5, 5.41) is 0.491. The van der Waals surface area contributed by atoms with Crippen molar-refractivity contribution in [1.82, 2.24) is 0 Å². The third-order valence-electron chi connectivity index (χ3n) is 2.26. The predicted octanol–water partition coefficient (Wildman–Crippen LogP) is 4.31. The van der Waals surface area contributed by atoms with E-state index in [1.807, 2.05) is 0 Å². The summed E-state index contributed by atoms with van der Waals surface area (Å²) in [6, 6.07) is 10.7. The third kappa shape index (κ3) is 2.84. The Morgan fingerprint density at radius 3 is 2.65 bits per heavy atom. The van der Waals surface area contributed by atoms with E-state index < -0.39 is 5.82 Å². The summed E-state index contributed by atoms with van der Waals surface area (Å²) in [6.45, 7) is 0. The summed E-state index contributed by atoms with van der Waals surface area (Å²) in [4.78, 5) is 12.1. The van der Waals surface area contributed by atoms with Crippen LogP contribution in [-0.2, 0) is 0 Å². The molecule has 86 valence electrons. The molecule has 17 heavy (non-hydrogen) atoms. The number of hydrogen-bond acceptors (Lipinski definition) is 1. The minimum absolute atomic E-state index is 0.226. The quantitative estimate of drug-likeness (QED) is 0.576. The molecule has 2 aromatic carbocycles. The Labute approximate surface area is 117 Å². The van der Waals surface area contributed by atoms with Gasteiger partial charge in [-0.05, 0) is 52.9 Å². The van der Waals surface area contributed by atoms with Crippen molar-refractivity contribution in [2.24, 2.45) is 0 Å². The molecule has 0 spiro atoms. The van der Waals surface area contributed by atoms with Gasteiger partial charge in [0.15, 0.2) is 5.78 Å². The first kappa shape index (κ1) is 12.5. The lowest BCUT2D eigenvalue weighted by Gasteiger charge is -2.04. The van der Waals surface area contributed by atoms with Gasteiger partial charge in [-0.2, -0.15) is 0 Å². The van der Waals surface area contributed by atoms with Gasteiger partial charge in [-0.15, -0.1) is 0 Å². The Bertz CT molecular complexity index is 583. The number of ketones is 1. The van der Waals surface area contributed by atoms with Crippen LogP contribution < -0.4 is 0 Å². The van der Waals surface area contributed by atoms with Gasteiger partial charge >= 0.3 is 0 Å². The molecule has 0 unspecified atom stereocenters. The van der Waals surface area contributed by atoms with E-state index in [0.29, 0.717) is 16.1 Å². The molecule has 0 N–H and O–H groups in total. The normalized spacial score (nSPS) is 10.3. The smallest absolute Gasteiger partial charge is 0.194 e. The van der Waals surface area contributed by atoms with Crippen LogP contribution in [0.2, 0.25) is 5.02 Å². The molecular formula is C13H7ClFIO. The number of halogens is 3. The van der Waals surface area contributed by atoms with E-state index in [2.05, 4.69) is 22.6 Å². The molecule has 0 saturated heterocycles. The zero-order valence-corrected chi connectivity index (χ0v) is 11.5. The highest BCUT2D eigenvalue weighted by Gasteiger charge is 2.13. The molecule has 0 fully saturated rings. The highest BCUT2D eigenvalue weighted by molar-refractivity contribution is 14.1. The minimum atomic E-state index is -0.423. The summed E-state index contributed by atoms with van der Waals surface area (Å²) >= 11 is 7.90. The molecule has 0 amide bonds. The topological polar surface area (TPSA) is 17.1 Å². The first-order chi connectivity index (χ1) is 8.08. The monoisotopic (exact) mass is 360 g/mol. The van der Waals surface area contributed by atoms with E-state index >= 15 is 0 Å². The maximum atomic E-state index is 13.0. The van der Waals surface area contributed by atoms with Crippen LogP contribution in [0.25, 0.3) is 0 Å². The van der Waals surface area contributed by atoms with Crippen LogP contribution in [0, 0.1) is 9.39 Å². The van der Waals surface area contributed by atoms with Gasteiger partial charge in [-0.1, -0.05) is 23.7 Å². The second-order valence-electron chi connectivity index (χ2n) is 3.46. The number of carbonyl (C=O) groups excluding carboxylic acids is 1. The lowest BCUT2D eigenvalue weighted by molar-refractivity contribution is 0.103. The van der Waals surface area contributed by atoms with E-state index in [1.54, 1.807) is 24.3 Å². The van der Waals surface area contributed by atoms with Crippen LogP contribution in [0.15, 0.2) is 42.5 Å². The molecule has 0 radical (unpaired) electrons. The van der Waals surface area contributed by atoms with Crippen LogP contribution in [0.4, 0.5) is 4.39 Å². The fraction of sp³-hybridized carbons (Fsp3) is 0. The average molecular weight is 361 g/mol. The third-order valence-corrected chi connectivity index (χ3v) is 3.44. The van der Waals surface area contributed by atoms with Crippen molar-refractivity contribution in [2.45, 2.75) is 0 Å². The largest absolute Gasteiger partial charge is 0.289 e. The lowest BCUT2D eigenvalue weighted by atomic mass is 10.0. The summed E-state index contributed by atoms with van der Waals surface area (Å²) in [5.41, 5.74) is 0.814. The minimum Gasteiger partial charge on any atom is -0.289 e. The SMILES string of the molecule is O=C(c1cccc(F)c1)c1cc(Cl)ccc1I. The molecule has 1 nitrogen and oxygen atoms in total. The van der Waals surface area contributed by atoms with E-state index in [9.17, 15) is 9.18 Å². The second-order valence-corrected chi connectivity index (χ2v) is 5.06. The summed E-state index contributed by atoms with van der Waals surface area (Å²) in [5.74, 6) is -0.649. The number of carbonyl (C=O) groups is 1. The van der Waals surface area contributed by atoms with E-state index in [-0.39, 0.29) is 5.78 Å². The lowest BCUT2D eigenvalue weighted by Crippen LogP contribution is -2.04. The molecule has 0 aliphatic carbocycles. The zero-order chi connectivity index (χ0) is 12.4. The molecule has 0 heterocycles. The van der Waals surface area contributed by atoms with Crippen LogP contribution in [0.1, 0.15) is 15.9 Å². The van der Waals surface area contributed by atoms with Crippen molar-refractivity contribution in [3.63, 3.8) is 0 Å². The van der Waals surface area contributed by atoms with Gasteiger partial charge in [0.2, 0.25) is 0 Å². The van der Waals surface area contributed by atoms with Gasteiger partial charge in [-0.25, -0.2) is 4.39 Å². The number of hydrogen-bond donors (Lipinski definition) is 0. The van der Waals surface area contributed by atoms with Gasteiger partial charge < -0.3 is 0 Å². The highest BCUT2D eigenvalue weighted by atomic mass is 127. The summed E-state index contributed by atoms with van der Waals surface area (Å²) in [6.07, 6.45) is 0. The van der Waals surface area contributed by atoms with Gasteiger partial charge in [0.25, 0.3) is 0 Å². The van der Waals surface area contributed by atoms with Crippen molar-refractivity contribution in [2.75, 3.05) is 0 Å². The molecule has 0 atom stereocenters. The van der Waals surface area contributed by atoms with Crippen LogP contribution in [0.3, 0.4) is 0 Å². The molecule has 2 rings (SSSR count). The fourth-order valence-corrected chi connectivity index (χ4v) is 2.21. The van der Waals surface area contributed by atoms with E-state index in [1.165, 1.54) is 18.2 Å². The first-order valence-electron chi connectivity index (χ1n) is 4.83. The Morgan fingerprint density at radius 1 is 1.18 bits per heavy atom. The maximum absolute atomic E-state index is 13.0. The summed E-state index contributed by atoms with van der Waals surface area (Å²) in [7, 11) is 0. The van der Waals surface area contributed by atoms with Crippen molar-refractivity contribution < 1.29 is 9.18 Å². The van der Waals surface area contributed by atoms with Crippen LogP contribution >= 0.6 is 34.2 Å². The number of benzene rings is 2. The Balaban J connectivity index is 2.47. The first-order valence-corrected chi connectivity index (χ1v) is 6.29. The Morgan fingerprint density at radius 2 is 1.94 bits per heavy atom. The zero-order valence-electron chi connectivity index (χ0n) is 8.58. The van der Waals surface area contributed by atoms with Crippen molar-refractivity contribution in [3.05, 3.63) is 68.0 Å². The van der Waals surface area contributed by atoms with Crippen molar-refractivity contribution >= 4 is 40.0 Å².